The highest BCUT2D eigenvalue weighted by atomic mass is 16.6. The van der Waals surface area contributed by atoms with Crippen molar-refractivity contribution in [1.82, 2.24) is 35.1 Å². The van der Waals surface area contributed by atoms with Crippen LogP contribution in [0, 0.1) is 11.8 Å². The summed E-state index contributed by atoms with van der Waals surface area (Å²) in [4.78, 5) is 39.8. The number of fused-ring (bicyclic) bond motifs is 1. The second-order valence-electron chi connectivity index (χ2n) is 10.9. The van der Waals surface area contributed by atoms with E-state index < -0.39 is 30.4 Å². The molecule has 0 spiro atoms. The molecule has 40 heavy (non-hydrogen) atoms. The summed E-state index contributed by atoms with van der Waals surface area (Å²) < 4.78 is 12.7. The number of hydrogen-bond donors (Lipinski definition) is 5. The molecule has 0 bridgehead atoms. The number of aliphatic hydroxyl groups excluding tert-OH is 2. The average molecular weight is 561 g/mol. The molecule has 2 amide bonds. The lowest BCUT2D eigenvalue weighted by molar-refractivity contribution is -0.137. The Morgan fingerprint density at radius 3 is 2.73 bits per heavy atom. The minimum atomic E-state index is -1.40. The molecule has 0 radical (unpaired) electrons. The molecular formula is C26H40N8O6. The van der Waals surface area contributed by atoms with Gasteiger partial charge < -0.3 is 41.0 Å². The maximum Gasteiger partial charge on any atom is 0.409 e. The van der Waals surface area contributed by atoms with Gasteiger partial charge in [-0.1, -0.05) is 0 Å². The van der Waals surface area contributed by atoms with Gasteiger partial charge in [0.1, 0.15) is 23.5 Å². The number of nitrogens with two attached hydrogens (primary N) is 1. The van der Waals surface area contributed by atoms with Crippen LogP contribution in [0.5, 0.6) is 0 Å². The highest BCUT2D eigenvalue weighted by Crippen LogP contribution is 2.32. The molecular weight excluding hydrogens is 520 g/mol. The smallest absolute Gasteiger partial charge is 0.409 e. The van der Waals surface area contributed by atoms with Crippen LogP contribution < -0.4 is 16.4 Å². The number of nitrogens with zero attached hydrogens (tertiary/aromatic N) is 5. The number of rotatable bonds is 9. The van der Waals surface area contributed by atoms with E-state index in [9.17, 15) is 19.8 Å². The van der Waals surface area contributed by atoms with E-state index in [1.165, 1.54) is 10.9 Å². The Balaban J connectivity index is 1.14. The molecule has 3 fully saturated rings. The van der Waals surface area contributed by atoms with Gasteiger partial charge in [-0.3, -0.25) is 9.36 Å². The van der Waals surface area contributed by atoms with Gasteiger partial charge in [0.25, 0.3) is 5.91 Å². The number of ether oxygens (including phenoxy) is 2. The molecule has 5 atom stereocenters. The summed E-state index contributed by atoms with van der Waals surface area (Å²) in [5, 5.41) is 26.9. The van der Waals surface area contributed by atoms with Crippen molar-refractivity contribution in [3.05, 3.63) is 12.2 Å². The predicted molar refractivity (Wildman–Crippen MR) is 144 cm³/mol. The van der Waals surface area contributed by atoms with Gasteiger partial charge in [0.2, 0.25) is 0 Å². The van der Waals surface area contributed by atoms with Crippen LogP contribution in [0.15, 0.2) is 6.33 Å². The van der Waals surface area contributed by atoms with Crippen LogP contribution in [0.3, 0.4) is 0 Å². The number of nitrogen functional groups attached to an aromatic ring is 1. The van der Waals surface area contributed by atoms with E-state index >= 15 is 0 Å². The molecule has 0 aromatic carbocycles. The van der Waals surface area contributed by atoms with E-state index in [0.29, 0.717) is 61.5 Å². The van der Waals surface area contributed by atoms with Gasteiger partial charge in [0, 0.05) is 38.5 Å². The number of amides is 2. The van der Waals surface area contributed by atoms with Crippen LogP contribution in [0.2, 0.25) is 0 Å². The standard InChI is InChI=1S/C26H40N8O6/c1-2-29-24(37)21-19(35)20(36)25(40-21)34-14-30-18-22(27)31-17(32-23(18)34)5-3-4-15-7-10-33(11-8-15)26(38)39-13-16-6-9-28-12-16/h14-16,19-21,25,28,35-36H,2-13H2,1H3,(H,29,37)(H2,27,31,32)/t16?,19-,20?,21+,25-/m1/s1. The van der Waals surface area contributed by atoms with Crippen molar-refractivity contribution in [3.8, 4) is 0 Å². The van der Waals surface area contributed by atoms with Crippen LogP contribution in [0.1, 0.15) is 51.1 Å². The fourth-order valence-electron chi connectivity index (χ4n) is 5.75. The highest BCUT2D eigenvalue weighted by Gasteiger charge is 2.47. The zero-order valence-electron chi connectivity index (χ0n) is 22.9. The van der Waals surface area contributed by atoms with Gasteiger partial charge in [-0.25, -0.2) is 19.7 Å². The number of likely N-dealkylation sites (N-methyl/N-ethyl adjacent to an activating group) is 1. The van der Waals surface area contributed by atoms with Gasteiger partial charge >= 0.3 is 6.09 Å². The van der Waals surface area contributed by atoms with E-state index in [-0.39, 0.29) is 11.9 Å². The number of carbonyl (C=O) groups is 2. The maximum atomic E-state index is 12.4. The number of hydrogen-bond acceptors (Lipinski definition) is 11. The Morgan fingerprint density at radius 1 is 1.20 bits per heavy atom. The zero-order valence-corrected chi connectivity index (χ0v) is 22.9. The number of nitrogens with one attached hydrogen (secondary N) is 2. The molecule has 2 aromatic heterocycles. The minimum absolute atomic E-state index is 0.208. The first-order valence-corrected chi connectivity index (χ1v) is 14.3. The summed E-state index contributed by atoms with van der Waals surface area (Å²) in [7, 11) is 0. The van der Waals surface area contributed by atoms with Crippen molar-refractivity contribution >= 4 is 29.0 Å². The van der Waals surface area contributed by atoms with E-state index in [2.05, 4.69) is 25.6 Å². The highest BCUT2D eigenvalue weighted by molar-refractivity contribution is 5.83. The number of imidazole rings is 1. The molecule has 0 aliphatic carbocycles. The molecule has 3 aliphatic rings. The summed E-state index contributed by atoms with van der Waals surface area (Å²) in [5.74, 6) is 1.18. The Morgan fingerprint density at radius 2 is 2.00 bits per heavy atom. The van der Waals surface area contributed by atoms with Gasteiger partial charge in [0.05, 0.1) is 12.9 Å². The fraction of sp³-hybridized carbons (Fsp3) is 0.731. The number of aliphatic hydroxyl groups is 2. The third-order valence-electron chi connectivity index (χ3n) is 8.11. The summed E-state index contributed by atoms with van der Waals surface area (Å²) in [5.41, 5.74) is 6.90. The number of anilines is 1. The lowest BCUT2D eigenvalue weighted by atomic mass is 9.91. The first kappa shape index (κ1) is 28.5. The number of aromatic nitrogens is 4. The molecule has 220 valence electrons. The summed E-state index contributed by atoms with van der Waals surface area (Å²) in [6, 6.07) is 0. The van der Waals surface area contributed by atoms with E-state index in [1.54, 1.807) is 6.92 Å². The van der Waals surface area contributed by atoms with Crippen LogP contribution in [-0.2, 0) is 20.7 Å². The molecule has 2 aromatic rings. The summed E-state index contributed by atoms with van der Waals surface area (Å²) in [6.45, 7) is 5.92. The monoisotopic (exact) mass is 560 g/mol. The maximum absolute atomic E-state index is 12.4. The first-order valence-electron chi connectivity index (χ1n) is 14.3. The minimum Gasteiger partial charge on any atom is -0.449 e. The quantitative estimate of drug-likeness (QED) is 0.276. The summed E-state index contributed by atoms with van der Waals surface area (Å²) in [6.07, 6.45) is 1.53. The van der Waals surface area contributed by atoms with Gasteiger partial charge in [-0.15, -0.1) is 0 Å². The Bertz CT molecular complexity index is 1180. The SMILES string of the molecule is CCNC(=O)[C@H]1O[C@@H](n2cnc3c(N)nc(CCCC4CCN(C(=O)OCC5CCNC5)CC4)nc32)C(O)[C@H]1O. The van der Waals surface area contributed by atoms with Gasteiger partial charge in [0.15, 0.2) is 23.8 Å². The van der Waals surface area contributed by atoms with Gasteiger partial charge in [-0.2, -0.15) is 0 Å². The van der Waals surface area contributed by atoms with Crippen molar-refractivity contribution < 1.29 is 29.3 Å². The average Bonchev–Trinajstić information content (AvgIpc) is 3.68. The molecule has 0 saturated carbocycles. The topological polar surface area (TPSA) is 190 Å². The Hall–Kier alpha value is -3.07. The van der Waals surface area contributed by atoms with Crippen LogP contribution in [0.25, 0.3) is 11.2 Å². The Labute approximate surface area is 232 Å². The molecule has 3 saturated heterocycles. The van der Waals surface area contributed by atoms with Crippen molar-refractivity contribution in [3.63, 3.8) is 0 Å². The lowest BCUT2D eigenvalue weighted by Gasteiger charge is -2.31. The summed E-state index contributed by atoms with van der Waals surface area (Å²) >= 11 is 0. The molecule has 2 unspecified atom stereocenters. The second-order valence-corrected chi connectivity index (χ2v) is 10.9. The van der Waals surface area contributed by atoms with Crippen molar-refractivity contribution in [1.29, 1.82) is 0 Å². The van der Waals surface area contributed by atoms with E-state index in [1.807, 2.05) is 4.90 Å². The number of aryl methyl sites for hydroxylation is 1. The van der Waals surface area contributed by atoms with Crippen LogP contribution in [0.4, 0.5) is 10.6 Å². The van der Waals surface area contributed by atoms with Crippen molar-refractivity contribution in [2.75, 3.05) is 45.1 Å². The van der Waals surface area contributed by atoms with Crippen LogP contribution in [-0.4, -0.2) is 104 Å². The van der Waals surface area contributed by atoms with E-state index in [0.717, 1.165) is 45.2 Å². The molecule has 3 aliphatic heterocycles. The predicted octanol–water partition coefficient (Wildman–Crippen LogP) is -0.0554. The molecule has 14 nitrogen and oxygen atoms in total. The third kappa shape index (κ3) is 6.14. The van der Waals surface area contributed by atoms with Gasteiger partial charge in [-0.05, 0) is 51.5 Å². The normalized spacial score (nSPS) is 27.4. The molecule has 6 N–H and O–H groups in total. The number of likely N-dealkylation sites (tertiary alicyclic amines) is 1. The largest absolute Gasteiger partial charge is 0.449 e. The number of piperidine rings is 1. The third-order valence-corrected chi connectivity index (χ3v) is 8.11. The molecule has 5 heterocycles. The van der Waals surface area contributed by atoms with Crippen molar-refractivity contribution in [2.24, 2.45) is 11.8 Å². The second kappa shape index (κ2) is 12.6. The zero-order chi connectivity index (χ0) is 28.2. The van der Waals surface area contributed by atoms with Crippen molar-refractivity contribution in [2.45, 2.75) is 70.0 Å². The molecule has 14 heteroatoms. The lowest BCUT2D eigenvalue weighted by Crippen LogP contribution is -2.42. The van der Waals surface area contributed by atoms with E-state index in [4.69, 9.17) is 15.2 Å². The fourth-order valence-corrected chi connectivity index (χ4v) is 5.75. The molecule has 5 rings (SSSR count). The first-order chi connectivity index (χ1) is 19.4. The number of carbonyl (C=O) groups excluding carboxylic acids is 2. The Kier molecular flexibility index (Phi) is 8.98. The van der Waals surface area contributed by atoms with Crippen LogP contribution >= 0.6 is 0 Å².